The van der Waals surface area contributed by atoms with E-state index < -0.39 is 0 Å². The molecule has 0 saturated heterocycles. The zero-order valence-electron chi connectivity index (χ0n) is 12.2. The molecule has 0 aliphatic heterocycles. The fourth-order valence-electron chi connectivity index (χ4n) is 2.30. The van der Waals surface area contributed by atoms with E-state index in [-0.39, 0.29) is 0 Å². The lowest BCUT2D eigenvalue weighted by molar-refractivity contribution is 0.284. The van der Waals surface area contributed by atoms with Gasteiger partial charge in [0.25, 0.3) is 0 Å². The molecule has 1 aliphatic rings. The van der Waals surface area contributed by atoms with Crippen LogP contribution in [0.25, 0.3) is 0 Å². The van der Waals surface area contributed by atoms with Crippen LogP contribution in [0.5, 0.6) is 5.75 Å². The summed E-state index contributed by atoms with van der Waals surface area (Å²) in [5.41, 5.74) is 1.19. The molecular weight excluding hydrogens is 330 g/mol. The summed E-state index contributed by atoms with van der Waals surface area (Å²) in [5, 5.41) is 3.53. The standard InChI is InChI=1S/C16H20BrN3O/c1-2-20-9-8-18-15(20)11-21-16-12(4-3-5-14(16)17)10-19-13-6-7-13/h3-5,8-9,13,19H,2,6-7,10-11H2,1H3. The highest BCUT2D eigenvalue weighted by atomic mass is 79.9. The van der Waals surface area contributed by atoms with Crippen LogP contribution in [0.2, 0.25) is 0 Å². The number of halogens is 1. The molecule has 0 atom stereocenters. The Balaban J connectivity index is 1.70. The normalized spacial score (nSPS) is 14.4. The molecule has 21 heavy (non-hydrogen) atoms. The minimum Gasteiger partial charge on any atom is -0.484 e. The Morgan fingerprint density at radius 3 is 3.05 bits per heavy atom. The smallest absolute Gasteiger partial charge is 0.146 e. The first-order valence-corrected chi connectivity index (χ1v) is 8.20. The number of para-hydroxylation sites is 1. The SMILES string of the molecule is CCn1ccnc1COc1c(Br)cccc1CNC1CC1. The second kappa shape index (κ2) is 6.62. The molecule has 4 nitrogen and oxygen atoms in total. The topological polar surface area (TPSA) is 39.1 Å². The lowest BCUT2D eigenvalue weighted by Gasteiger charge is -2.14. The summed E-state index contributed by atoms with van der Waals surface area (Å²) < 4.78 is 9.13. The van der Waals surface area contributed by atoms with E-state index in [1.165, 1.54) is 18.4 Å². The van der Waals surface area contributed by atoms with E-state index in [1.54, 1.807) is 0 Å². The van der Waals surface area contributed by atoms with Crippen LogP contribution in [-0.2, 0) is 19.7 Å². The molecule has 1 heterocycles. The van der Waals surface area contributed by atoms with Gasteiger partial charge in [0.15, 0.2) is 0 Å². The van der Waals surface area contributed by atoms with Gasteiger partial charge in [-0.3, -0.25) is 0 Å². The first-order chi connectivity index (χ1) is 10.3. The third-order valence-electron chi connectivity index (χ3n) is 3.70. The van der Waals surface area contributed by atoms with Crippen LogP contribution >= 0.6 is 15.9 Å². The summed E-state index contributed by atoms with van der Waals surface area (Å²) >= 11 is 3.59. The van der Waals surface area contributed by atoms with Crippen LogP contribution in [-0.4, -0.2) is 15.6 Å². The molecular formula is C16H20BrN3O. The summed E-state index contributed by atoms with van der Waals surface area (Å²) in [7, 11) is 0. The van der Waals surface area contributed by atoms with E-state index in [9.17, 15) is 0 Å². The van der Waals surface area contributed by atoms with Crippen molar-refractivity contribution in [1.82, 2.24) is 14.9 Å². The zero-order chi connectivity index (χ0) is 14.7. The van der Waals surface area contributed by atoms with E-state index in [4.69, 9.17) is 4.74 Å². The number of benzene rings is 1. The Bertz CT molecular complexity index is 607. The van der Waals surface area contributed by atoms with E-state index in [0.717, 1.165) is 29.1 Å². The van der Waals surface area contributed by atoms with Crippen molar-refractivity contribution in [3.8, 4) is 5.75 Å². The van der Waals surface area contributed by atoms with Gasteiger partial charge in [0.1, 0.15) is 18.2 Å². The number of nitrogens with zero attached hydrogens (tertiary/aromatic N) is 2. The zero-order valence-corrected chi connectivity index (χ0v) is 13.8. The van der Waals surface area contributed by atoms with E-state index in [2.05, 4.69) is 43.8 Å². The summed E-state index contributed by atoms with van der Waals surface area (Å²) in [6.07, 6.45) is 6.38. The molecule has 1 saturated carbocycles. The lowest BCUT2D eigenvalue weighted by Crippen LogP contribution is -2.16. The number of imidazole rings is 1. The molecule has 2 aromatic rings. The maximum atomic E-state index is 6.04. The van der Waals surface area contributed by atoms with Gasteiger partial charge >= 0.3 is 0 Å². The van der Waals surface area contributed by atoms with Gasteiger partial charge in [-0.15, -0.1) is 0 Å². The number of rotatable bonds is 7. The summed E-state index contributed by atoms with van der Waals surface area (Å²) in [5.74, 6) is 1.87. The van der Waals surface area contributed by atoms with Crippen LogP contribution in [0.1, 0.15) is 31.2 Å². The van der Waals surface area contributed by atoms with Crippen molar-refractivity contribution in [1.29, 1.82) is 0 Å². The number of nitrogens with one attached hydrogen (secondary N) is 1. The molecule has 1 aliphatic carbocycles. The Kier molecular flexibility index (Phi) is 4.60. The maximum Gasteiger partial charge on any atom is 0.146 e. The number of aryl methyl sites for hydroxylation is 1. The van der Waals surface area contributed by atoms with Crippen molar-refractivity contribution >= 4 is 15.9 Å². The predicted octanol–water partition coefficient (Wildman–Crippen LogP) is 3.50. The van der Waals surface area contributed by atoms with Gasteiger partial charge in [-0.05, 0) is 41.8 Å². The van der Waals surface area contributed by atoms with Crippen molar-refractivity contribution in [3.05, 3.63) is 46.5 Å². The quantitative estimate of drug-likeness (QED) is 0.831. The van der Waals surface area contributed by atoms with Crippen LogP contribution in [0.3, 0.4) is 0 Å². The molecule has 5 heteroatoms. The van der Waals surface area contributed by atoms with Crippen LogP contribution in [0.4, 0.5) is 0 Å². The molecule has 112 valence electrons. The van der Waals surface area contributed by atoms with Crippen molar-refractivity contribution in [2.24, 2.45) is 0 Å². The van der Waals surface area contributed by atoms with Gasteiger partial charge in [0.05, 0.1) is 4.47 Å². The van der Waals surface area contributed by atoms with Crippen LogP contribution in [0, 0.1) is 0 Å². The van der Waals surface area contributed by atoms with Crippen molar-refractivity contribution in [2.45, 2.75) is 45.5 Å². The second-order valence-electron chi connectivity index (χ2n) is 5.30. The molecule has 0 unspecified atom stereocenters. The molecule has 1 aromatic carbocycles. The van der Waals surface area contributed by atoms with Gasteiger partial charge in [-0.25, -0.2) is 4.98 Å². The summed E-state index contributed by atoms with van der Waals surface area (Å²) in [6.45, 7) is 4.35. The molecule has 3 rings (SSSR count). The fraction of sp³-hybridized carbons (Fsp3) is 0.438. The first kappa shape index (κ1) is 14.6. The highest BCUT2D eigenvalue weighted by molar-refractivity contribution is 9.10. The molecule has 0 spiro atoms. The Morgan fingerprint density at radius 1 is 1.43 bits per heavy atom. The van der Waals surface area contributed by atoms with E-state index in [0.29, 0.717) is 12.6 Å². The second-order valence-corrected chi connectivity index (χ2v) is 6.16. The van der Waals surface area contributed by atoms with Gasteiger partial charge in [0.2, 0.25) is 0 Å². The fourth-order valence-corrected chi connectivity index (χ4v) is 2.82. The van der Waals surface area contributed by atoms with Gasteiger partial charge in [-0.2, -0.15) is 0 Å². The van der Waals surface area contributed by atoms with Gasteiger partial charge in [0, 0.05) is 37.1 Å². The van der Waals surface area contributed by atoms with Gasteiger partial charge in [-0.1, -0.05) is 12.1 Å². The first-order valence-electron chi connectivity index (χ1n) is 7.41. The molecule has 1 N–H and O–H groups in total. The summed E-state index contributed by atoms with van der Waals surface area (Å²) in [4.78, 5) is 4.35. The highest BCUT2D eigenvalue weighted by Crippen LogP contribution is 2.30. The number of hydrogen-bond donors (Lipinski definition) is 1. The molecule has 1 aromatic heterocycles. The van der Waals surface area contributed by atoms with Gasteiger partial charge < -0.3 is 14.6 Å². The van der Waals surface area contributed by atoms with Crippen LogP contribution in [0.15, 0.2) is 35.1 Å². The highest BCUT2D eigenvalue weighted by Gasteiger charge is 2.21. The van der Waals surface area contributed by atoms with Crippen molar-refractivity contribution in [2.75, 3.05) is 0 Å². The average Bonchev–Trinajstić information content (AvgIpc) is 3.21. The molecule has 0 radical (unpaired) electrons. The average molecular weight is 350 g/mol. The minimum atomic E-state index is 0.486. The number of aromatic nitrogens is 2. The van der Waals surface area contributed by atoms with Crippen LogP contribution < -0.4 is 10.1 Å². The maximum absolute atomic E-state index is 6.04. The van der Waals surface area contributed by atoms with Crippen molar-refractivity contribution in [3.63, 3.8) is 0 Å². The number of ether oxygens (including phenoxy) is 1. The van der Waals surface area contributed by atoms with E-state index in [1.807, 2.05) is 24.5 Å². The van der Waals surface area contributed by atoms with Crippen molar-refractivity contribution < 1.29 is 4.74 Å². The Hall–Kier alpha value is -1.33. The monoisotopic (exact) mass is 349 g/mol. The third kappa shape index (κ3) is 3.66. The minimum absolute atomic E-state index is 0.486. The Morgan fingerprint density at radius 2 is 2.29 bits per heavy atom. The number of hydrogen-bond acceptors (Lipinski definition) is 3. The van der Waals surface area contributed by atoms with E-state index >= 15 is 0 Å². The lowest BCUT2D eigenvalue weighted by atomic mass is 10.2. The predicted molar refractivity (Wildman–Crippen MR) is 86.2 cm³/mol. The molecule has 0 amide bonds. The Labute approximate surface area is 133 Å². The molecule has 0 bridgehead atoms. The third-order valence-corrected chi connectivity index (χ3v) is 4.32. The largest absolute Gasteiger partial charge is 0.484 e. The summed E-state index contributed by atoms with van der Waals surface area (Å²) in [6, 6.07) is 6.87. The molecule has 1 fully saturated rings.